The third kappa shape index (κ3) is 4.01. The Kier molecular flexibility index (Phi) is 6.11. The molecule has 2 aliphatic heterocycles. The minimum absolute atomic E-state index is 0.0551. The third-order valence-corrected chi connectivity index (χ3v) is 7.61. The van der Waals surface area contributed by atoms with Crippen molar-refractivity contribution >= 4 is 29.1 Å². The van der Waals surface area contributed by atoms with Crippen LogP contribution in [0.15, 0.2) is 17.5 Å². The normalized spacial score (nSPS) is 26.5. The summed E-state index contributed by atoms with van der Waals surface area (Å²) in [7, 11) is 0. The number of nitrogens with one attached hydrogen (secondary N) is 2. The molecule has 0 radical (unpaired) electrons. The second-order valence-electron chi connectivity index (χ2n) is 8.31. The number of fused-ring (bicyclic) bond motifs is 1. The van der Waals surface area contributed by atoms with Crippen LogP contribution in [-0.2, 0) is 14.4 Å². The number of hydrogen-bond donors (Lipinski definition) is 2. The molecule has 3 fully saturated rings. The number of thiophene rings is 1. The van der Waals surface area contributed by atoms with Gasteiger partial charge in [-0.1, -0.05) is 18.9 Å². The molecule has 0 unspecified atom stereocenters. The zero-order chi connectivity index (χ0) is 19.5. The Morgan fingerprint density at radius 1 is 1.14 bits per heavy atom. The maximum Gasteiger partial charge on any atom is 0.233 e. The highest BCUT2D eigenvalue weighted by molar-refractivity contribution is 7.10. The molecular formula is C21H30N3O3S+. The van der Waals surface area contributed by atoms with Gasteiger partial charge >= 0.3 is 0 Å². The first-order valence-corrected chi connectivity index (χ1v) is 11.5. The van der Waals surface area contributed by atoms with Crippen molar-refractivity contribution in [3.63, 3.8) is 0 Å². The summed E-state index contributed by atoms with van der Waals surface area (Å²) < 4.78 is 0. The van der Waals surface area contributed by atoms with Crippen molar-refractivity contribution in [2.24, 2.45) is 11.8 Å². The van der Waals surface area contributed by atoms with Crippen LogP contribution in [0.25, 0.3) is 0 Å². The van der Waals surface area contributed by atoms with E-state index in [2.05, 4.69) is 22.8 Å². The van der Waals surface area contributed by atoms with Crippen LogP contribution >= 0.6 is 11.3 Å². The predicted molar refractivity (Wildman–Crippen MR) is 107 cm³/mol. The second-order valence-corrected chi connectivity index (χ2v) is 9.29. The van der Waals surface area contributed by atoms with Crippen molar-refractivity contribution in [1.29, 1.82) is 0 Å². The molecule has 1 saturated carbocycles. The molecule has 2 saturated heterocycles. The summed E-state index contributed by atoms with van der Waals surface area (Å²) in [5.74, 6) is -0.450. The molecule has 6 nitrogen and oxygen atoms in total. The summed E-state index contributed by atoms with van der Waals surface area (Å²) in [6.07, 6.45) is 6.37. The minimum Gasteiger partial charge on any atom is -0.350 e. The number of hydrogen-bond acceptors (Lipinski definition) is 4. The highest BCUT2D eigenvalue weighted by Crippen LogP contribution is 2.37. The van der Waals surface area contributed by atoms with Gasteiger partial charge in [-0.3, -0.25) is 19.3 Å². The Labute approximate surface area is 170 Å². The fourth-order valence-electron chi connectivity index (χ4n) is 5.08. The van der Waals surface area contributed by atoms with E-state index in [4.69, 9.17) is 0 Å². The zero-order valence-electron chi connectivity index (χ0n) is 16.3. The van der Waals surface area contributed by atoms with E-state index < -0.39 is 0 Å². The van der Waals surface area contributed by atoms with E-state index >= 15 is 0 Å². The lowest BCUT2D eigenvalue weighted by Crippen LogP contribution is -3.11. The van der Waals surface area contributed by atoms with Gasteiger partial charge in [0.25, 0.3) is 0 Å². The lowest BCUT2D eigenvalue weighted by Gasteiger charge is -2.24. The van der Waals surface area contributed by atoms with Gasteiger partial charge in [-0.05, 0) is 24.3 Å². The number of rotatable bonds is 7. The van der Waals surface area contributed by atoms with E-state index in [1.54, 1.807) is 11.3 Å². The van der Waals surface area contributed by atoms with Gasteiger partial charge in [0.2, 0.25) is 17.7 Å². The first kappa shape index (κ1) is 19.6. The van der Waals surface area contributed by atoms with E-state index in [1.807, 2.05) is 0 Å². The van der Waals surface area contributed by atoms with Crippen LogP contribution in [0.3, 0.4) is 0 Å². The molecule has 1 aromatic heterocycles. The average molecular weight is 405 g/mol. The molecule has 1 aromatic rings. The molecule has 28 heavy (non-hydrogen) atoms. The topological polar surface area (TPSA) is 70.9 Å². The van der Waals surface area contributed by atoms with Crippen LogP contribution < -0.4 is 10.2 Å². The Hall–Kier alpha value is -1.73. The van der Waals surface area contributed by atoms with Gasteiger partial charge in [-0.2, -0.15) is 0 Å². The molecule has 7 heteroatoms. The number of quaternary nitrogens is 1. The number of carbonyl (C=O) groups is 3. The molecule has 4 rings (SSSR count). The van der Waals surface area contributed by atoms with Crippen molar-refractivity contribution in [3.8, 4) is 0 Å². The van der Waals surface area contributed by atoms with Gasteiger partial charge in [0.1, 0.15) is 6.04 Å². The smallest absolute Gasteiger partial charge is 0.233 e. The van der Waals surface area contributed by atoms with E-state index in [1.165, 1.54) is 27.5 Å². The molecule has 152 valence electrons. The molecular weight excluding hydrogens is 374 g/mol. The van der Waals surface area contributed by atoms with Gasteiger partial charge in [-0.25, -0.2) is 0 Å². The molecule has 3 aliphatic rings. The zero-order valence-corrected chi connectivity index (χ0v) is 17.1. The Morgan fingerprint density at radius 2 is 1.82 bits per heavy atom. The Morgan fingerprint density at radius 3 is 2.43 bits per heavy atom. The van der Waals surface area contributed by atoms with Crippen molar-refractivity contribution in [1.82, 2.24) is 10.2 Å². The Bertz CT molecular complexity index is 690. The number of amides is 3. The summed E-state index contributed by atoms with van der Waals surface area (Å²) in [5, 5.41) is 5.15. The van der Waals surface area contributed by atoms with E-state index in [-0.39, 0.29) is 42.5 Å². The van der Waals surface area contributed by atoms with Crippen LogP contribution in [0.1, 0.15) is 55.9 Å². The van der Waals surface area contributed by atoms with Crippen LogP contribution in [0, 0.1) is 11.8 Å². The standard InChI is InChI=1S/C21H29N3O3S/c25-19(9-12-24-20(26)15-6-1-2-7-16(15)21(24)27)22-14-17(18-8-5-13-28-18)23-10-3-4-11-23/h5,8,13,15-17H,1-4,6-7,9-12,14H2,(H,22,25)/p+1/t15-,16-,17-/m0/s1. The molecule has 0 bridgehead atoms. The fourth-order valence-corrected chi connectivity index (χ4v) is 5.97. The quantitative estimate of drug-likeness (QED) is 0.670. The number of nitrogens with zero attached hydrogens (tertiary/aromatic N) is 1. The number of imide groups is 1. The molecule has 1 aliphatic carbocycles. The summed E-state index contributed by atoms with van der Waals surface area (Å²) in [4.78, 5) is 41.7. The monoisotopic (exact) mass is 404 g/mol. The highest BCUT2D eigenvalue weighted by atomic mass is 32.1. The predicted octanol–water partition coefficient (Wildman–Crippen LogP) is 1.15. The summed E-state index contributed by atoms with van der Waals surface area (Å²) in [5.41, 5.74) is 0. The first-order chi connectivity index (χ1) is 13.6. The maximum absolute atomic E-state index is 12.5. The van der Waals surface area contributed by atoms with Crippen molar-refractivity contribution < 1.29 is 19.3 Å². The van der Waals surface area contributed by atoms with Crippen molar-refractivity contribution in [2.75, 3.05) is 26.2 Å². The van der Waals surface area contributed by atoms with Crippen LogP contribution in [0.2, 0.25) is 0 Å². The summed E-state index contributed by atoms with van der Waals surface area (Å²) in [6, 6.07) is 4.51. The summed E-state index contributed by atoms with van der Waals surface area (Å²) in [6.45, 7) is 3.13. The largest absolute Gasteiger partial charge is 0.350 e. The molecule has 3 amide bonds. The van der Waals surface area contributed by atoms with E-state index in [9.17, 15) is 14.4 Å². The van der Waals surface area contributed by atoms with Crippen molar-refractivity contribution in [2.45, 2.75) is 51.0 Å². The van der Waals surface area contributed by atoms with E-state index in [0.717, 1.165) is 38.8 Å². The molecule has 0 spiro atoms. The maximum atomic E-state index is 12.5. The van der Waals surface area contributed by atoms with Crippen LogP contribution in [0.4, 0.5) is 0 Å². The average Bonchev–Trinajstić information content (AvgIpc) is 3.45. The van der Waals surface area contributed by atoms with Gasteiger partial charge in [-0.15, -0.1) is 11.3 Å². The SMILES string of the molecule is O=C(CCN1C(=O)[C@H]2CCCC[C@@H]2C1=O)NC[C@@H](c1cccs1)[NH+]1CCCC1. The molecule has 3 heterocycles. The van der Waals surface area contributed by atoms with E-state index in [0.29, 0.717) is 12.6 Å². The fraction of sp³-hybridized carbons (Fsp3) is 0.667. The first-order valence-electron chi connectivity index (χ1n) is 10.6. The minimum atomic E-state index is -0.133. The van der Waals surface area contributed by atoms with Crippen LogP contribution in [0.5, 0.6) is 0 Å². The lowest BCUT2D eigenvalue weighted by molar-refractivity contribution is -0.918. The number of likely N-dealkylation sites (tertiary alicyclic amines) is 2. The van der Waals surface area contributed by atoms with Gasteiger partial charge in [0.05, 0.1) is 36.3 Å². The van der Waals surface area contributed by atoms with Crippen LogP contribution in [-0.4, -0.2) is 48.8 Å². The van der Waals surface area contributed by atoms with Gasteiger partial charge in [0.15, 0.2) is 0 Å². The van der Waals surface area contributed by atoms with Gasteiger partial charge < -0.3 is 10.2 Å². The second kappa shape index (κ2) is 8.74. The lowest BCUT2D eigenvalue weighted by atomic mass is 9.81. The third-order valence-electron chi connectivity index (χ3n) is 6.62. The molecule has 3 atom stereocenters. The highest BCUT2D eigenvalue weighted by Gasteiger charge is 2.47. The van der Waals surface area contributed by atoms with Crippen molar-refractivity contribution in [3.05, 3.63) is 22.4 Å². The molecule has 0 aromatic carbocycles. The Balaban J connectivity index is 1.29. The summed E-state index contributed by atoms with van der Waals surface area (Å²) >= 11 is 1.75. The number of carbonyl (C=O) groups excluding carboxylic acids is 3. The van der Waals surface area contributed by atoms with Gasteiger partial charge in [0, 0.05) is 25.8 Å². The molecule has 2 N–H and O–H groups in total.